The fraction of sp³-hybridized carbons (Fsp3) is 0.353. The van der Waals surface area contributed by atoms with Crippen LogP contribution < -0.4 is 15.2 Å². The van der Waals surface area contributed by atoms with Gasteiger partial charge in [-0.2, -0.15) is 0 Å². The largest absolute Gasteiger partial charge is 0.438 e. The Morgan fingerprint density at radius 3 is 2.32 bits per heavy atom. The number of benzene rings is 1. The fourth-order valence-electron chi connectivity index (χ4n) is 2.35. The highest BCUT2D eigenvalue weighted by Crippen LogP contribution is 2.19. The first-order valence-electron chi connectivity index (χ1n) is 8.26. The second kappa shape index (κ2) is 7.66. The number of furan rings is 1. The van der Waals surface area contributed by atoms with Crippen LogP contribution in [0.25, 0.3) is 0 Å². The Kier molecular flexibility index (Phi) is 6.04. The summed E-state index contributed by atoms with van der Waals surface area (Å²) in [5.41, 5.74) is -0.203. The molecule has 0 radical (unpaired) electrons. The van der Waals surface area contributed by atoms with E-state index in [-0.39, 0.29) is 15.7 Å². The smallest absolute Gasteiger partial charge is 0.287 e. The van der Waals surface area contributed by atoms with Crippen molar-refractivity contribution >= 4 is 26.0 Å². The van der Waals surface area contributed by atoms with Gasteiger partial charge < -0.3 is 9.73 Å². The van der Waals surface area contributed by atoms with E-state index in [0.29, 0.717) is 5.56 Å². The molecule has 0 bridgehead atoms. The monoisotopic (exact) mass is 429 g/mol. The minimum absolute atomic E-state index is 0.0780. The Morgan fingerprint density at radius 2 is 1.75 bits per heavy atom. The van der Waals surface area contributed by atoms with E-state index in [2.05, 4.69) is 10.0 Å². The zero-order valence-corrected chi connectivity index (χ0v) is 17.5. The van der Waals surface area contributed by atoms with Crippen molar-refractivity contribution in [3.05, 3.63) is 47.7 Å². The third kappa shape index (κ3) is 5.64. The fourth-order valence-corrected chi connectivity index (χ4v) is 4.27. The molecule has 0 saturated heterocycles. The van der Waals surface area contributed by atoms with Crippen LogP contribution in [-0.2, 0) is 20.0 Å². The number of rotatable bonds is 6. The predicted molar refractivity (Wildman–Crippen MR) is 102 cm³/mol. The maximum absolute atomic E-state index is 12.4. The van der Waals surface area contributed by atoms with Gasteiger partial charge in [0, 0.05) is 5.54 Å². The molecule has 2 aromatic rings. The Bertz CT molecular complexity index is 1080. The van der Waals surface area contributed by atoms with Crippen LogP contribution in [0.4, 0.5) is 0 Å². The molecular weight excluding hydrogens is 406 g/mol. The second-order valence-electron chi connectivity index (χ2n) is 7.29. The summed E-state index contributed by atoms with van der Waals surface area (Å²) in [5, 5.41) is 7.35. The van der Waals surface area contributed by atoms with Gasteiger partial charge in [-0.05, 0) is 57.5 Å². The number of carbonyl (C=O) groups excluding carboxylic acids is 1. The Hall–Kier alpha value is -2.21. The summed E-state index contributed by atoms with van der Waals surface area (Å²) in [5.74, 6) is -0.838. The second-order valence-corrected chi connectivity index (χ2v) is 10.5. The molecule has 0 saturated carbocycles. The highest BCUT2D eigenvalue weighted by Gasteiger charge is 2.26. The summed E-state index contributed by atoms with van der Waals surface area (Å²) in [6.45, 7) is 6.68. The van der Waals surface area contributed by atoms with Crippen LogP contribution in [0.5, 0.6) is 0 Å². The van der Waals surface area contributed by atoms with E-state index in [1.807, 2.05) is 0 Å². The quantitative estimate of drug-likeness (QED) is 0.633. The lowest BCUT2D eigenvalue weighted by Crippen LogP contribution is -2.40. The molecule has 1 aromatic heterocycles. The Labute approximate surface area is 164 Å². The van der Waals surface area contributed by atoms with Gasteiger partial charge in [-0.1, -0.05) is 12.1 Å². The van der Waals surface area contributed by atoms with Crippen molar-refractivity contribution in [2.24, 2.45) is 5.14 Å². The number of amides is 1. The van der Waals surface area contributed by atoms with Gasteiger partial charge >= 0.3 is 0 Å². The first kappa shape index (κ1) is 22.1. The van der Waals surface area contributed by atoms with Gasteiger partial charge in [0.25, 0.3) is 15.9 Å². The van der Waals surface area contributed by atoms with Crippen LogP contribution >= 0.6 is 0 Å². The van der Waals surface area contributed by atoms with Gasteiger partial charge in [0.05, 0.1) is 10.9 Å². The first-order chi connectivity index (χ1) is 12.7. The molecule has 1 heterocycles. The van der Waals surface area contributed by atoms with Crippen LogP contribution in [0.2, 0.25) is 0 Å². The summed E-state index contributed by atoms with van der Waals surface area (Å²) >= 11 is 0. The van der Waals surface area contributed by atoms with Crippen molar-refractivity contribution in [3.63, 3.8) is 0 Å². The molecule has 4 N–H and O–H groups in total. The molecule has 0 aliphatic rings. The normalized spacial score (nSPS) is 13.9. The third-order valence-electron chi connectivity index (χ3n) is 3.54. The maximum Gasteiger partial charge on any atom is 0.287 e. The molecule has 28 heavy (non-hydrogen) atoms. The van der Waals surface area contributed by atoms with Crippen LogP contribution in [-0.4, -0.2) is 28.3 Å². The van der Waals surface area contributed by atoms with Crippen LogP contribution in [0.3, 0.4) is 0 Å². The molecule has 154 valence electrons. The minimum Gasteiger partial charge on any atom is -0.438 e. The highest BCUT2D eigenvalue weighted by atomic mass is 32.2. The van der Waals surface area contributed by atoms with E-state index in [9.17, 15) is 21.6 Å². The number of nitrogens with one attached hydrogen (secondary N) is 2. The van der Waals surface area contributed by atoms with Gasteiger partial charge in [-0.3, -0.25) is 4.79 Å². The zero-order chi connectivity index (χ0) is 21.3. The molecule has 1 aromatic carbocycles. The van der Waals surface area contributed by atoms with Gasteiger partial charge in [0.15, 0.2) is 5.76 Å². The van der Waals surface area contributed by atoms with Crippen LogP contribution in [0.15, 0.2) is 50.8 Å². The lowest BCUT2D eigenvalue weighted by molar-refractivity contribution is 0.0906. The van der Waals surface area contributed by atoms with E-state index >= 15 is 0 Å². The average molecular weight is 430 g/mol. The van der Waals surface area contributed by atoms with Crippen LogP contribution in [0, 0.1) is 0 Å². The average Bonchev–Trinajstić information content (AvgIpc) is 3.03. The zero-order valence-electron chi connectivity index (χ0n) is 15.9. The topological polar surface area (TPSA) is 149 Å². The van der Waals surface area contributed by atoms with Crippen molar-refractivity contribution in [2.45, 2.75) is 49.3 Å². The van der Waals surface area contributed by atoms with Crippen molar-refractivity contribution in [2.75, 3.05) is 0 Å². The van der Waals surface area contributed by atoms with Gasteiger partial charge in [-0.15, -0.1) is 0 Å². The van der Waals surface area contributed by atoms with Crippen LogP contribution in [0.1, 0.15) is 49.9 Å². The number of hydrogen-bond donors (Lipinski definition) is 3. The van der Waals surface area contributed by atoms with Gasteiger partial charge in [0.1, 0.15) is 0 Å². The number of carbonyl (C=O) groups is 1. The molecule has 0 fully saturated rings. The molecule has 1 amide bonds. The van der Waals surface area contributed by atoms with Crippen molar-refractivity contribution in [1.29, 1.82) is 0 Å². The Balaban J connectivity index is 2.17. The molecule has 0 aliphatic heterocycles. The molecule has 11 heteroatoms. The molecule has 9 nitrogen and oxygen atoms in total. The SMILES string of the molecule is CC(NC(=O)c1ccc(S(=O)(=O)NC(C)(C)C)o1)c1cccc(S(N)(=O)=O)c1. The van der Waals surface area contributed by atoms with E-state index in [1.54, 1.807) is 33.8 Å². The first-order valence-corrected chi connectivity index (χ1v) is 11.3. The number of hydrogen-bond acceptors (Lipinski definition) is 6. The Morgan fingerprint density at radius 1 is 1.11 bits per heavy atom. The number of sulfonamides is 2. The standard InChI is InChI=1S/C17H23N3O6S2/c1-11(12-6-5-7-13(10-12)27(18,22)23)19-16(21)14-8-9-15(26-14)28(24,25)20-17(2,3)4/h5-11,20H,1-4H3,(H,19,21)(H2,18,22,23). The minimum atomic E-state index is -3.91. The lowest BCUT2D eigenvalue weighted by atomic mass is 10.1. The van der Waals surface area contributed by atoms with Gasteiger partial charge in [0.2, 0.25) is 15.1 Å². The highest BCUT2D eigenvalue weighted by molar-refractivity contribution is 7.89. The molecule has 2 rings (SSSR count). The molecule has 0 aliphatic carbocycles. The maximum atomic E-state index is 12.4. The number of nitrogens with two attached hydrogens (primary N) is 1. The summed E-state index contributed by atoms with van der Waals surface area (Å²) in [6, 6.07) is 7.70. The van der Waals surface area contributed by atoms with E-state index in [0.717, 1.165) is 0 Å². The molecule has 1 atom stereocenters. The summed E-state index contributed by atoms with van der Waals surface area (Å²) in [6.07, 6.45) is 0. The molecule has 0 spiro atoms. The predicted octanol–water partition coefficient (Wildman–Crippen LogP) is 1.49. The van der Waals surface area contributed by atoms with Crippen molar-refractivity contribution < 1.29 is 26.0 Å². The van der Waals surface area contributed by atoms with E-state index in [1.165, 1.54) is 30.3 Å². The van der Waals surface area contributed by atoms with E-state index in [4.69, 9.17) is 9.56 Å². The summed E-state index contributed by atoms with van der Waals surface area (Å²) < 4.78 is 55.0. The van der Waals surface area contributed by atoms with Crippen molar-refractivity contribution in [1.82, 2.24) is 10.0 Å². The molecular formula is C17H23N3O6S2. The van der Waals surface area contributed by atoms with Crippen molar-refractivity contribution in [3.8, 4) is 0 Å². The lowest BCUT2D eigenvalue weighted by Gasteiger charge is -2.19. The summed E-state index contributed by atoms with van der Waals surface area (Å²) in [7, 11) is -7.78. The third-order valence-corrected chi connectivity index (χ3v) is 6.09. The number of primary sulfonamides is 1. The van der Waals surface area contributed by atoms with E-state index < -0.39 is 37.5 Å². The van der Waals surface area contributed by atoms with Gasteiger partial charge in [-0.25, -0.2) is 26.7 Å². The molecule has 1 unspecified atom stereocenters. The summed E-state index contributed by atoms with van der Waals surface area (Å²) in [4.78, 5) is 12.3.